The third kappa shape index (κ3) is 11.0. The van der Waals surface area contributed by atoms with Crippen molar-refractivity contribution in [1.82, 2.24) is 9.97 Å². The molecule has 1 radical (unpaired) electrons. The number of aryl methyl sites for hydroxylation is 1. The molecule has 0 N–H and O–H groups in total. The predicted octanol–water partition coefficient (Wildman–Crippen LogP) is 9.40. The van der Waals surface area contributed by atoms with Gasteiger partial charge in [0.2, 0.25) is 0 Å². The molecule has 0 saturated carbocycles. The SMILES string of the molecule is CCOC(=O)c1sc(-c2ccc(C(F)(F)F)cc2)nc1C.CCOC(=O)c1sc(-c2ccc(C(F)(F)F)cc2)nc1CBr.[B]=NS. The van der Waals surface area contributed by atoms with Gasteiger partial charge in [-0.3, -0.25) is 0 Å². The molecule has 0 aliphatic carbocycles. The Balaban J connectivity index is 0.000000295. The van der Waals surface area contributed by atoms with E-state index in [1.807, 2.05) is 0 Å². The van der Waals surface area contributed by atoms with E-state index in [-0.39, 0.29) is 13.2 Å². The number of rotatable bonds is 7. The number of thiazole rings is 2. The van der Waals surface area contributed by atoms with Crippen LogP contribution in [0, 0.1) is 6.92 Å². The third-order valence-corrected chi connectivity index (χ3v) is 8.30. The Bertz CT molecular complexity index is 1610. The minimum atomic E-state index is -4.38. The van der Waals surface area contributed by atoms with Crippen LogP contribution in [0.2, 0.25) is 0 Å². The number of aromatic nitrogens is 2. The van der Waals surface area contributed by atoms with Crippen molar-refractivity contribution in [3.8, 4) is 21.1 Å². The molecular formula is C28H24BBrF6N3O4S3. The van der Waals surface area contributed by atoms with Crippen LogP contribution in [-0.2, 0) is 27.2 Å². The molecule has 0 bridgehead atoms. The van der Waals surface area contributed by atoms with Crippen molar-refractivity contribution in [3.05, 3.63) is 80.8 Å². The summed E-state index contributed by atoms with van der Waals surface area (Å²) in [6.07, 6.45) is -8.74. The van der Waals surface area contributed by atoms with Crippen LogP contribution in [0.4, 0.5) is 26.3 Å². The maximum absolute atomic E-state index is 12.6. The number of alkyl halides is 7. The molecule has 0 spiro atoms. The molecule has 7 nitrogen and oxygen atoms in total. The average molecular weight is 767 g/mol. The molecule has 0 aliphatic heterocycles. The number of carbonyl (C=O) groups is 2. The van der Waals surface area contributed by atoms with Gasteiger partial charge in [0.25, 0.3) is 0 Å². The fourth-order valence-corrected chi connectivity index (χ4v) is 5.97. The summed E-state index contributed by atoms with van der Waals surface area (Å²) >= 11 is 8.64. The van der Waals surface area contributed by atoms with E-state index < -0.39 is 35.4 Å². The molecule has 0 fully saturated rings. The Morgan fingerprint density at radius 3 is 1.54 bits per heavy atom. The number of nitrogens with zero attached hydrogens (tertiary/aromatic N) is 3. The van der Waals surface area contributed by atoms with E-state index in [1.54, 1.807) is 20.8 Å². The number of esters is 2. The van der Waals surface area contributed by atoms with E-state index in [0.29, 0.717) is 47.6 Å². The molecule has 18 heteroatoms. The van der Waals surface area contributed by atoms with Crippen LogP contribution in [0.15, 0.2) is 52.8 Å². The second-order valence-electron chi connectivity index (χ2n) is 8.57. The van der Waals surface area contributed by atoms with E-state index in [1.165, 1.54) is 24.3 Å². The Kier molecular flexibility index (Phi) is 15.1. The second kappa shape index (κ2) is 17.7. The zero-order valence-corrected chi connectivity index (χ0v) is 28.3. The fraction of sp³-hybridized carbons (Fsp3) is 0.286. The van der Waals surface area contributed by atoms with Gasteiger partial charge >= 0.3 is 49.0 Å². The molecule has 2 heterocycles. The number of ether oxygens (including phenoxy) is 2. The topological polar surface area (TPSA) is 90.7 Å². The summed E-state index contributed by atoms with van der Waals surface area (Å²) in [6.45, 7) is 5.56. The fourth-order valence-electron chi connectivity index (χ4n) is 3.43. The average Bonchev–Trinajstić information content (AvgIpc) is 3.61. The van der Waals surface area contributed by atoms with Crippen LogP contribution in [0.3, 0.4) is 0 Å². The van der Waals surface area contributed by atoms with E-state index in [2.05, 4.69) is 50.7 Å². The van der Waals surface area contributed by atoms with Crippen molar-refractivity contribution in [2.45, 2.75) is 38.5 Å². The number of thiol groups is 1. The molecule has 4 aromatic rings. The van der Waals surface area contributed by atoms with Gasteiger partial charge in [-0.25, -0.2) is 19.6 Å². The van der Waals surface area contributed by atoms with Gasteiger partial charge < -0.3 is 9.47 Å². The third-order valence-electron chi connectivity index (χ3n) is 5.46. The first-order valence-electron chi connectivity index (χ1n) is 12.9. The monoisotopic (exact) mass is 766 g/mol. The van der Waals surface area contributed by atoms with Gasteiger partial charge in [0, 0.05) is 16.5 Å². The van der Waals surface area contributed by atoms with Crippen LogP contribution in [0.5, 0.6) is 0 Å². The van der Waals surface area contributed by atoms with Crippen molar-refractivity contribution < 1.29 is 45.4 Å². The van der Waals surface area contributed by atoms with Crippen LogP contribution in [0.25, 0.3) is 21.1 Å². The van der Waals surface area contributed by atoms with E-state index in [9.17, 15) is 35.9 Å². The molecule has 46 heavy (non-hydrogen) atoms. The summed E-state index contributed by atoms with van der Waals surface area (Å²) in [5.41, 5.74) is 0.637. The predicted molar refractivity (Wildman–Crippen MR) is 172 cm³/mol. The first-order chi connectivity index (χ1) is 21.6. The minimum absolute atomic E-state index is 0.244. The Morgan fingerprint density at radius 1 is 0.804 bits per heavy atom. The molecule has 0 unspecified atom stereocenters. The summed E-state index contributed by atoms with van der Waals surface area (Å²) in [4.78, 5) is 32.7. The van der Waals surface area contributed by atoms with Crippen LogP contribution in [0.1, 0.15) is 55.7 Å². The molecule has 2 aromatic carbocycles. The second-order valence-corrected chi connectivity index (χ2v) is 11.4. The molecule has 0 saturated heterocycles. The molecule has 245 valence electrons. The van der Waals surface area contributed by atoms with Gasteiger partial charge in [-0.1, -0.05) is 40.2 Å². The van der Waals surface area contributed by atoms with Crippen molar-refractivity contribution in [2.24, 2.45) is 4.30 Å². The van der Waals surface area contributed by atoms with Gasteiger partial charge in [-0.05, 0) is 45.0 Å². The van der Waals surface area contributed by atoms with Crippen molar-refractivity contribution in [1.29, 1.82) is 0 Å². The quantitative estimate of drug-likeness (QED) is 0.0663. The summed E-state index contributed by atoms with van der Waals surface area (Å²) in [5.74, 6) is -0.946. The first-order valence-corrected chi connectivity index (χ1v) is 16.0. The van der Waals surface area contributed by atoms with Crippen molar-refractivity contribution in [3.63, 3.8) is 0 Å². The van der Waals surface area contributed by atoms with E-state index >= 15 is 0 Å². The van der Waals surface area contributed by atoms with Gasteiger partial charge in [-0.2, -0.15) is 26.3 Å². The Hall–Kier alpha value is -3.09. The molecule has 0 amide bonds. The first kappa shape index (κ1) is 39.1. The van der Waals surface area contributed by atoms with Gasteiger partial charge in [0.1, 0.15) is 19.8 Å². The summed E-state index contributed by atoms with van der Waals surface area (Å²) < 4.78 is 87.7. The summed E-state index contributed by atoms with van der Waals surface area (Å²) in [5, 5.41) is 1.33. The number of hydrogen-bond donors (Lipinski definition) is 1. The Morgan fingerprint density at radius 2 is 1.17 bits per heavy atom. The van der Waals surface area contributed by atoms with Gasteiger partial charge in [-0.15, -0.1) is 22.7 Å². The van der Waals surface area contributed by atoms with E-state index in [4.69, 9.17) is 9.47 Å². The molecule has 4 rings (SSSR count). The number of hydrogen-bond acceptors (Lipinski definition) is 10. The summed E-state index contributed by atoms with van der Waals surface area (Å²) in [6, 6.07) is 9.35. The van der Waals surface area contributed by atoms with Gasteiger partial charge in [0.05, 0.1) is 35.7 Å². The molecule has 2 aromatic heterocycles. The zero-order chi connectivity index (χ0) is 34.7. The van der Waals surface area contributed by atoms with Crippen molar-refractivity contribution >= 4 is 71.0 Å². The normalized spacial score (nSPS) is 11.0. The van der Waals surface area contributed by atoms with Gasteiger partial charge in [0.15, 0.2) is 0 Å². The Labute approximate surface area is 283 Å². The number of benzene rings is 2. The number of halogens is 7. The van der Waals surface area contributed by atoms with Crippen LogP contribution < -0.4 is 0 Å². The van der Waals surface area contributed by atoms with Crippen molar-refractivity contribution in [2.75, 3.05) is 13.2 Å². The standard InChI is InChI=1S/C14H11BrF3NO2S.C14H12F3NO2S.BHNS/c1-2-21-13(20)11-10(7-15)19-12(22-11)8-3-5-9(6-4-8)14(16,17)18;1-3-20-13(19)11-8(2)18-12(21-11)9-4-6-10(7-5-9)14(15,16)17;1-2-3/h3-6H,2,7H2,1H3;4-7H,3H2,1-2H3;3H. The zero-order valence-electron chi connectivity index (χ0n) is 24.2. The van der Waals surface area contributed by atoms with Crippen LogP contribution >= 0.6 is 51.4 Å². The summed E-state index contributed by atoms with van der Waals surface area (Å²) in [7, 11) is 4.34. The molecular weight excluding hydrogens is 743 g/mol. The number of carbonyl (C=O) groups excluding carboxylic acids is 2. The molecule has 0 atom stereocenters. The van der Waals surface area contributed by atoms with Crippen LogP contribution in [-0.4, -0.2) is 42.8 Å². The maximum atomic E-state index is 12.6. The molecule has 0 aliphatic rings. The van der Waals surface area contributed by atoms with E-state index in [0.717, 1.165) is 46.9 Å².